The quantitative estimate of drug-likeness (QED) is 0.877. The summed E-state index contributed by atoms with van der Waals surface area (Å²) in [5.41, 5.74) is 0.633. The number of benzene rings is 1. The lowest BCUT2D eigenvalue weighted by atomic mass is 10.1. The van der Waals surface area contributed by atoms with Crippen molar-refractivity contribution in [1.82, 2.24) is 10.2 Å². The van der Waals surface area contributed by atoms with Gasteiger partial charge < -0.3 is 10.2 Å². The molecule has 1 aromatic rings. The third-order valence-corrected chi connectivity index (χ3v) is 3.66. The highest BCUT2D eigenvalue weighted by atomic mass is 35.5. The summed E-state index contributed by atoms with van der Waals surface area (Å²) in [5.74, 6) is -0.199. The average molecular weight is 310 g/mol. The molecule has 21 heavy (non-hydrogen) atoms. The van der Waals surface area contributed by atoms with Gasteiger partial charge in [0.25, 0.3) is 0 Å². The van der Waals surface area contributed by atoms with Crippen LogP contribution in [0.3, 0.4) is 0 Å². The van der Waals surface area contributed by atoms with Gasteiger partial charge in [0.15, 0.2) is 0 Å². The van der Waals surface area contributed by atoms with E-state index in [0.717, 1.165) is 12.8 Å². The van der Waals surface area contributed by atoms with Crippen molar-refractivity contribution in [1.29, 1.82) is 0 Å². The number of carbonyl (C=O) groups is 2. The topological polar surface area (TPSA) is 61.4 Å². The zero-order valence-corrected chi connectivity index (χ0v) is 12.8. The van der Waals surface area contributed by atoms with Crippen molar-refractivity contribution < 1.29 is 9.59 Å². The van der Waals surface area contributed by atoms with Crippen LogP contribution in [0.15, 0.2) is 24.3 Å². The Bertz CT molecular complexity index is 521. The number of nitrogens with one attached hydrogen (secondary N) is 2. The summed E-state index contributed by atoms with van der Waals surface area (Å²) in [6.45, 7) is 2.57. The van der Waals surface area contributed by atoms with Crippen LogP contribution in [-0.4, -0.2) is 36.0 Å². The second kappa shape index (κ2) is 7.43. The summed E-state index contributed by atoms with van der Waals surface area (Å²) in [4.78, 5) is 25.5. The summed E-state index contributed by atoms with van der Waals surface area (Å²) in [5, 5.41) is 6.59. The van der Waals surface area contributed by atoms with E-state index in [0.29, 0.717) is 23.8 Å². The monoisotopic (exact) mass is 309 g/mol. The maximum absolute atomic E-state index is 12.0. The van der Waals surface area contributed by atoms with E-state index in [9.17, 15) is 9.59 Å². The van der Waals surface area contributed by atoms with E-state index in [1.807, 2.05) is 0 Å². The number of halogens is 1. The fourth-order valence-electron chi connectivity index (χ4n) is 2.38. The lowest BCUT2D eigenvalue weighted by Crippen LogP contribution is -2.52. The van der Waals surface area contributed by atoms with Crippen LogP contribution >= 0.6 is 11.6 Å². The molecule has 0 aliphatic carbocycles. The van der Waals surface area contributed by atoms with Crippen LogP contribution in [0.1, 0.15) is 26.2 Å². The molecule has 1 aliphatic rings. The van der Waals surface area contributed by atoms with E-state index in [1.54, 1.807) is 24.3 Å². The highest BCUT2D eigenvalue weighted by molar-refractivity contribution is 6.30. The number of carbonyl (C=O) groups excluding carboxylic acids is 2. The van der Waals surface area contributed by atoms with Crippen LogP contribution in [-0.2, 0) is 9.59 Å². The summed E-state index contributed by atoms with van der Waals surface area (Å²) < 4.78 is 0. The van der Waals surface area contributed by atoms with E-state index in [2.05, 4.69) is 17.6 Å². The molecule has 1 unspecified atom stereocenters. The molecule has 1 saturated heterocycles. The molecule has 2 N–H and O–H groups in total. The Balaban J connectivity index is 1.84. The van der Waals surface area contributed by atoms with E-state index in [1.165, 1.54) is 4.90 Å². The fraction of sp³-hybridized carbons (Fsp3) is 0.467. The van der Waals surface area contributed by atoms with Crippen LogP contribution in [0.4, 0.5) is 5.69 Å². The summed E-state index contributed by atoms with van der Waals surface area (Å²) >= 11 is 5.86. The molecule has 0 bridgehead atoms. The highest BCUT2D eigenvalue weighted by Gasteiger charge is 2.25. The lowest BCUT2D eigenvalue weighted by Gasteiger charge is -2.32. The first-order valence-corrected chi connectivity index (χ1v) is 7.53. The minimum absolute atomic E-state index is 0.0217. The van der Waals surface area contributed by atoms with Gasteiger partial charge in [-0.2, -0.15) is 0 Å². The fourth-order valence-corrected chi connectivity index (χ4v) is 2.57. The molecule has 1 aliphatic heterocycles. The van der Waals surface area contributed by atoms with E-state index in [4.69, 9.17) is 11.6 Å². The van der Waals surface area contributed by atoms with Crippen molar-refractivity contribution in [3.63, 3.8) is 0 Å². The molecule has 1 fully saturated rings. The number of hydrogen-bond donors (Lipinski definition) is 2. The smallest absolute Gasteiger partial charge is 0.244 e. The molecule has 0 saturated carbocycles. The Kier molecular flexibility index (Phi) is 5.59. The maximum atomic E-state index is 12.0. The second-order valence-corrected chi connectivity index (χ2v) is 5.64. The van der Waals surface area contributed by atoms with Gasteiger partial charge in [-0.05, 0) is 24.6 Å². The van der Waals surface area contributed by atoms with Crippen LogP contribution in [0.2, 0.25) is 5.02 Å². The second-order valence-electron chi connectivity index (χ2n) is 5.20. The van der Waals surface area contributed by atoms with Crippen molar-refractivity contribution >= 4 is 29.1 Å². The van der Waals surface area contributed by atoms with Crippen molar-refractivity contribution in [3.8, 4) is 0 Å². The van der Waals surface area contributed by atoms with E-state index < -0.39 is 0 Å². The SMILES string of the molecule is CCCC1CC(=O)N(CC(=O)Nc2cccc(Cl)c2)CN1. The molecule has 114 valence electrons. The largest absolute Gasteiger partial charge is 0.324 e. The van der Waals surface area contributed by atoms with Gasteiger partial charge in [0, 0.05) is 23.2 Å². The van der Waals surface area contributed by atoms with Crippen molar-refractivity contribution in [2.24, 2.45) is 0 Å². The van der Waals surface area contributed by atoms with Gasteiger partial charge in [0.2, 0.25) is 11.8 Å². The molecular formula is C15H20ClN3O2. The zero-order chi connectivity index (χ0) is 15.2. The third kappa shape index (κ3) is 4.72. The van der Waals surface area contributed by atoms with Crippen LogP contribution in [0, 0.1) is 0 Å². The number of nitrogens with zero attached hydrogens (tertiary/aromatic N) is 1. The van der Waals surface area contributed by atoms with E-state index in [-0.39, 0.29) is 24.4 Å². The lowest BCUT2D eigenvalue weighted by molar-refractivity contribution is -0.138. The average Bonchev–Trinajstić information content (AvgIpc) is 2.42. The van der Waals surface area contributed by atoms with Crippen molar-refractivity contribution in [2.45, 2.75) is 32.2 Å². The van der Waals surface area contributed by atoms with E-state index >= 15 is 0 Å². The summed E-state index contributed by atoms with van der Waals surface area (Å²) in [7, 11) is 0. The Morgan fingerprint density at radius 2 is 2.33 bits per heavy atom. The molecule has 1 aromatic carbocycles. The van der Waals surface area contributed by atoms with Crippen LogP contribution in [0.5, 0.6) is 0 Å². The van der Waals surface area contributed by atoms with Gasteiger partial charge in [0.1, 0.15) is 6.54 Å². The van der Waals surface area contributed by atoms with Gasteiger partial charge in [0.05, 0.1) is 6.67 Å². The third-order valence-electron chi connectivity index (χ3n) is 3.42. The van der Waals surface area contributed by atoms with Gasteiger partial charge >= 0.3 is 0 Å². The number of rotatable bonds is 5. The van der Waals surface area contributed by atoms with Crippen LogP contribution < -0.4 is 10.6 Å². The predicted molar refractivity (Wildman–Crippen MR) is 83.1 cm³/mol. The first kappa shape index (κ1) is 15.8. The molecule has 2 rings (SSSR count). The Morgan fingerprint density at radius 3 is 3.00 bits per heavy atom. The maximum Gasteiger partial charge on any atom is 0.244 e. The van der Waals surface area contributed by atoms with Crippen molar-refractivity contribution in [3.05, 3.63) is 29.3 Å². The Labute approximate surface area is 129 Å². The molecule has 0 spiro atoms. The molecule has 6 heteroatoms. The number of hydrogen-bond acceptors (Lipinski definition) is 3. The zero-order valence-electron chi connectivity index (χ0n) is 12.1. The first-order chi connectivity index (χ1) is 10.1. The molecule has 0 aromatic heterocycles. The van der Waals surface area contributed by atoms with Gasteiger partial charge in [-0.3, -0.25) is 14.9 Å². The molecular weight excluding hydrogens is 290 g/mol. The normalized spacial score (nSPS) is 18.7. The number of amides is 2. The van der Waals surface area contributed by atoms with Gasteiger partial charge in [-0.15, -0.1) is 0 Å². The molecule has 2 amide bonds. The minimum atomic E-state index is -0.221. The summed E-state index contributed by atoms with van der Waals surface area (Å²) in [6.07, 6.45) is 2.48. The summed E-state index contributed by atoms with van der Waals surface area (Å²) in [6, 6.07) is 7.17. The van der Waals surface area contributed by atoms with Gasteiger partial charge in [-0.1, -0.05) is 31.0 Å². The minimum Gasteiger partial charge on any atom is -0.324 e. The molecule has 1 atom stereocenters. The highest BCUT2D eigenvalue weighted by Crippen LogP contribution is 2.15. The number of anilines is 1. The standard InChI is InChI=1S/C15H20ClN3O2/c1-2-4-12-8-15(21)19(10-17-12)9-14(20)18-13-6-3-5-11(16)7-13/h3,5-7,12,17H,2,4,8-10H2,1H3,(H,18,20). The Morgan fingerprint density at radius 1 is 1.52 bits per heavy atom. The molecule has 1 heterocycles. The van der Waals surface area contributed by atoms with Crippen LogP contribution in [0.25, 0.3) is 0 Å². The predicted octanol–water partition coefficient (Wildman–Crippen LogP) is 2.23. The van der Waals surface area contributed by atoms with Gasteiger partial charge in [-0.25, -0.2) is 0 Å². The molecule has 5 nitrogen and oxygen atoms in total. The first-order valence-electron chi connectivity index (χ1n) is 7.15. The Hall–Kier alpha value is -1.59. The van der Waals surface area contributed by atoms with Crippen molar-refractivity contribution in [2.75, 3.05) is 18.5 Å². The molecule has 0 radical (unpaired) electrons.